The first-order chi connectivity index (χ1) is 7.65. The molecule has 0 aliphatic rings. The highest BCUT2D eigenvalue weighted by Crippen LogP contribution is 2.15. The lowest BCUT2D eigenvalue weighted by molar-refractivity contribution is -0.116. The number of benzene rings is 1. The van der Waals surface area contributed by atoms with Gasteiger partial charge in [0, 0.05) is 5.56 Å². The minimum atomic E-state index is 0.0756. The van der Waals surface area contributed by atoms with Crippen molar-refractivity contribution in [3.8, 4) is 11.4 Å². The fourth-order valence-electron chi connectivity index (χ4n) is 1.44. The number of rotatable bonds is 3. The van der Waals surface area contributed by atoms with Gasteiger partial charge in [0.05, 0.1) is 6.42 Å². The molecule has 2 aromatic rings. The molecule has 0 unspecified atom stereocenters. The first-order valence-corrected chi connectivity index (χ1v) is 5.13. The normalized spacial score (nSPS) is 10.4. The van der Waals surface area contributed by atoms with E-state index in [9.17, 15) is 4.79 Å². The van der Waals surface area contributed by atoms with E-state index in [1.807, 2.05) is 31.2 Å². The SMILES string of the molecule is CC(=O)Cc1nc(-c2ccc(C)cc2)n[nH]1. The smallest absolute Gasteiger partial charge is 0.181 e. The number of ketones is 1. The quantitative estimate of drug-likeness (QED) is 0.850. The Morgan fingerprint density at radius 2 is 2.00 bits per heavy atom. The first-order valence-electron chi connectivity index (χ1n) is 5.13. The summed E-state index contributed by atoms with van der Waals surface area (Å²) in [7, 11) is 0. The second-order valence-corrected chi connectivity index (χ2v) is 3.85. The van der Waals surface area contributed by atoms with Crippen LogP contribution in [-0.4, -0.2) is 21.0 Å². The molecule has 0 spiro atoms. The number of aromatic nitrogens is 3. The number of carbonyl (C=O) groups excluding carboxylic acids is 1. The Hall–Kier alpha value is -1.97. The van der Waals surface area contributed by atoms with Gasteiger partial charge in [-0.25, -0.2) is 4.98 Å². The molecule has 82 valence electrons. The number of hydrogen-bond donors (Lipinski definition) is 1. The number of nitrogens with one attached hydrogen (secondary N) is 1. The molecule has 2 rings (SSSR count). The second kappa shape index (κ2) is 4.26. The Balaban J connectivity index is 2.24. The number of carbonyl (C=O) groups is 1. The predicted molar refractivity (Wildman–Crippen MR) is 60.9 cm³/mol. The van der Waals surface area contributed by atoms with E-state index in [0.717, 1.165) is 5.56 Å². The van der Waals surface area contributed by atoms with E-state index >= 15 is 0 Å². The summed E-state index contributed by atoms with van der Waals surface area (Å²) in [6.45, 7) is 3.57. The average molecular weight is 215 g/mol. The molecule has 0 atom stereocenters. The predicted octanol–water partition coefficient (Wildman–Crippen LogP) is 1.91. The van der Waals surface area contributed by atoms with Crippen molar-refractivity contribution in [1.82, 2.24) is 15.2 Å². The lowest BCUT2D eigenvalue weighted by Crippen LogP contribution is -1.98. The molecule has 0 saturated carbocycles. The van der Waals surface area contributed by atoms with Crippen molar-refractivity contribution < 1.29 is 4.79 Å². The van der Waals surface area contributed by atoms with Crippen molar-refractivity contribution in [3.05, 3.63) is 35.7 Å². The van der Waals surface area contributed by atoms with Crippen LogP contribution in [0, 0.1) is 6.92 Å². The summed E-state index contributed by atoms with van der Waals surface area (Å²) in [6.07, 6.45) is 0.304. The van der Waals surface area contributed by atoms with Crippen molar-refractivity contribution in [1.29, 1.82) is 0 Å². The summed E-state index contributed by atoms with van der Waals surface area (Å²) in [4.78, 5) is 15.2. The van der Waals surface area contributed by atoms with Gasteiger partial charge in [0.25, 0.3) is 0 Å². The van der Waals surface area contributed by atoms with E-state index < -0.39 is 0 Å². The van der Waals surface area contributed by atoms with Crippen LogP contribution in [0.15, 0.2) is 24.3 Å². The van der Waals surface area contributed by atoms with Crippen LogP contribution in [0.1, 0.15) is 18.3 Å². The van der Waals surface area contributed by atoms with Gasteiger partial charge in [-0.3, -0.25) is 9.89 Å². The summed E-state index contributed by atoms with van der Waals surface area (Å²) in [6, 6.07) is 7.96. The first kappa shape index (κ1) is 10.5. The van der Waals surface area contributed by atoms with Crippen LogP contribution in [0.4, 0.5) is 0 Å². The third-order valence-electron chi connectivity index (χ3n) is 2.26. The Bertz CT molecular complexity index is 499. The number of H-pyrrole nitrogens is 1. The molecule has 0 bridgehead atoms. The highest BCUT2D eigenvalue weighted by Gasteiger charge is 2.06. The van der Waals surface area contributed by atoms with E-state index in [1.54, 1.807) is 0 Å². The van der Waals surface area contributed by atoms with Crippen LogP contribution in [0.5, 0.6) is 0 Å². The fourth-order valence-corrected chi connectivity index (χ4v) is 1.44. The van der Waals surface area contributed by atoms with Crippen LogP contribution in [0.2, 0.25) is 0 Å². The molecule has 0 aliphatic heterocycles. The Labute approximate surface area is 93.7 Å². The van der Waals surface area contributed by atoms with Gasteiger partial charge < -0.3 is 0 Å². The van der Waals surface area contributed by atoms with E-state index in [-0.39, 0.29) is 5.78 Å². The zero-order chi connectivity index (χ0) is 11.5. The van der Waals surface area contributed by atoms with Gasteiger partial charge >= 0.3 is 0 Å². The molecule has 4 heteroatoms. The number of Topliss-reactive ketones (excluding diaryl/α,β-unsaturated/α-hetero) is 1. The van der Waals surface area contributed by atoms with Gasteiger partial charge in [0.1, 0.15) is 11.6 Å². The summed E-state index contributed by atoms with van der Waals surface area (Å²) in [5.41, 5.74) is 2.15. The van der Waals surface area contributed by atoms with Crippen molar-refractivity contribution in [3.63, 3.8) is 0 Å². The molecule has 1 heterocycles. The zero-order valence-corrected chi connectivity index (χ0v) is 9.32. The monoisotopic (exact) mass is 215 g/mol. The molecule has 1 aromatic carbocycles. The van der Waals surface area contributed by atoms with Crippen LogP contribution in [-0.2, 0) is 11.2 Å². The molecule has 0 saturated heterocycles. The highest BCUT2D eigenvalue weighted by molar-refractivity contribution is 5.77. The van der Waals surface area contributed by atoms with E-state index in [1.165, 1.54) is 12.5 Å². The largest absolute Gasteiger partial charge is 0.300 e. The van der Waals surface area contributed by atoms with Gasteiger partial charge in [0.2, 0.25) is 0 Å². The Morgan fingerprint density at radius 3 is 2.62 bits per heavy atom. The van der Waals surface area contributed by atoms with Gasteiger partial charge in [-0.1, -0.05) is 29.8 Å². The van der Waals surface area contributed by atoms with Crippen LogP contribution in [0.3, 0.4) is 0 Å². The molecule has 16 heavy (non-hydrogen) atoms. The van der Waals surface area contributed by atoms with Crippen molar-refractivity contribution >= 4 is 5.78 Å². The third-order valence-corrected chi connectivity index (χ3v) is 2.26. The van der Waals surface area contributed by atoms with Gasteiger partial charge in [-0.15, -0.1) is 0 Å². The maximum Gasteiger partial charge on any atom is 0.181 e. The van der Waals surface area contributed by atoms with Crippen LogP contribution < -0.4 is 0 Å². The maximum absolute atomic E-state index is 10.9. The van der Waals surface area contributed by atoms with E-state index in [2.05, 4.69) is 15.2 Å². The topological polar surface area (TPSA) is 58.6 Å². The Morgan fingerprint density at radius 1 is 1.31 bits per heavy atom. The molecule has 1 aromatic heterocycles. The van der Waals surface area contributed by atoms with Crippen molar-refractivity contribution in [2.24, 2.45) is 0 Å². The summed E-state index contributed by atoms with van der Waals surface area (Å²) < 4.78 is 0. The third kappa shape index (κ3) is 2.34. The molecule has 0 aliphatic carbocycles. The molecule has 1 N–H and O–H groups in total. The number of hydrogen-bond acceptors (Lipinski definition) is 3. The van der Waals surface area contributed by atoms with E-state index in [0.29, 0.717) is 18.1 Å². The lowest BCUT2D eigenvalue weighted by Gasteiger charge is -1.95. The minimum absolute atomic E-state index is 0.0756. The zero-order valence-electron chi connectivity index (χ0n) is 9.32. The van der Waals surface area contributed by atoms with E-state index in [4.69, 9.17) is 0 Å². The van der Waals surface area contributed by atoms with Crippen molar-refractivity contribution in [2.75, 3.05) is 0 Å². The fraction of sp³-hybridized carbons (Fsp3) is 0.250. The summed E-state index contributed by atoms with van der Waals surface area (Å²) in [5, 5.41) is 6.85. The molecular formula is C12H13N3O. The van der Waals surface area contributed by atoms with Crippen molar-refractivity contribution in [2.45, 2.75) is 20.3 Å². The molecular weight excluding hydrogens is 202 g/mol. The standard InChI is InChI=1S/C12H13N3O/c1-8-3-5-10(6-4-8)12-13-11(14-15-12)7-9(2)16/h3-6H,7H2,1-2H3,(H,13,14,15). The van der Waals surface area contributed by atoms with Crippen LogP contribution in [0.25, 0.3) is 11.4 Å². The lowest BCUT2D eigenvalue weighted by atomic mass is 10.1. The van der Waals surface area contributed by atoms with Gasteiger partial charge in [-0.05, 0) is 13.8 Å². The highest BCUT2D eigenvalue weighted by atomic mass is 16.1. The molecule has 4 nitrogen and oxygen atoms in total. The molecule has 0 amide bonds. The molecule has 0 radical (unpaired) electrons. The minimum Gasteiger partial charge on any atom is -0.300 e. The number of aromatic amines is 1. The number of nitrogens with zero attached hydrogens (tertiary/aromatic N) is 2. The second-order valence-electron chi connectivity index (χ2n) is 3.85. The summed E-state index contributed by atoms with van der Waals surface area (Å²) >= 11 is 0. The molecule has 0 fully saturated rings. The summed E-state index contributed by atoms with van der Waals surface area (Å²) in [5.74, 6) is 1.32. The van der Waals surface area contributed by atoms with Crippen LogP contribution >= 0.6 is 0 Å². The van der Waals surface area contributed by atoms with Gasteiger partial charge in [0.15, 0.2) is 5.82 Å². The average Bonchev–Trinajstić information content (AvgIpc) is 2.66. The van der Waals surface area contributed by atoms with Gasteiger partial charge in [-0.2, -0.15) is 5.10 Å². The number of aryl methyl sites for hydroxylation is 1. The maximum atomic E-state index is 10.9. The Kier molecular flexibility index (Phi) is 2.81.